The summed E-state index contributed by atoms with van der Waals surface area (Å²) in [6.45, 7) is 0. The number of rotatable bonds is 5. The van der Waals surface area contributed by atoms with E-state index in [0.29, 0.717) is 11.4 Å². The van der Waals surface area contributed by atoms with Crippen molar-refractivity contribution in [1.29, 1.82) is 0 Å². The van der Waals surface area contributed by atoms with Crippen LogP contribution in [0, 0.1) is 0 Å². The molecule has 1 aromatic rings. The van der Waals surface area contributed by atoms with E-state index in [2.05, 4.69) is 5.32 Å². The van der Waals surface area contributed by atoms with Crippen molar-refractivity contribution in [2.45, 2.75) is 0 Å². The van der Waals surface area contributed by atoms with Crippen molar-refractivity contribution < 1.29 is 9.59 Å². The Hall–Kier alpha value is -1.49. The Morgan fingerprint density at radius 2 is 1.93 bits per heavy atom. The van der Waals surface area contributed by atoms with Crippen molar-refractivity contribution in [2.75, 3.05) is 11.6 Å². The third-order valence-corrected chi connectivity index (χ3v) is 2.45. The maximum absolute atomic E-state index is 11.4. The van der Waals surface area contributed by atoms with E-state index in [0.717, 1.165) is 0 Å². The van der Waals surface area contributed by atoms with Gasteiger partial charge in [-0.25, -0.2) is 0 Å². The number of hydrogen-bond donors (Lipinski definition) is 2. The molecule has 5 heteroatoms. The van der Waals surface area contributed by atoms with Crippen LogP contribution in [0.15, 0.2) is 30.3 Å². The fraction of sp³-hybridized carbons (Fsp3) is 0.200. The van der Waals surface area contributed by atoms with E-state index in [1.807, 2.05) is 6.07 Å². The Bertz CT molecular complexity index is 341. The van der Waals surface area contributed by atoms with Crippen LogP contribution in [0.25, 0.3) is 0 Å². The number of thioether (sulfide) groups is 1. The molecule has 0 aromatic heterocycles. The lowest BCUT2D eigenvalue weighted by Crippen LogP contribution is -2.24. The summed E-state index contributed by atoms with van der Waals surface area (Å²) in [6.07, 6.45) is 0. The van der Waals surface area contributed by atoms with E-state index in [1.165, 1.54) is 11.8 Å². The maximum Gasteiger partial charge on any atom is 0.251 e. The zero-order chi connectivity index (χ0) is 11.1. The molecule has 1 rings (SSSR count). The van der Waals surface area contributed by atoms with Crippen LogP contribution >= 0.6 is 11.8 Å². The van der Waals surface area contributed by atoms with Crippen LogP contribution < -0.4 is 11.1 Å². The topological polar surface area (TPSA) is 72.2 Å². The molecule has 0 heterocycles. The Morgan fingerprint density at radius 3 is 2.53 bits per heavy atom. The van der Waals surface area contributed by atoms with Crippen LogP contribution in [0.2, 0.25) is 0 Å². The molecule has 0 radical (unpaired) electrons. The molecular weight excluding hydrogens is 212 g/mol. The molecule has 0 aliphatic carbocycles. The highest BCUT2D eigenvalue weighted by Gasteiger charge is 2.03. The predicted octanol–water partition coefficient (Wildman–Crippen LogP) is 0.592. The lowest BCUT2D eigenvalue weighted by molar-refractivity contribution is -0.115. The minimum atomic E-state index is -0.381. The molecule has 4 nitrogen and oxygen atoms in total. The number of carbonyl (C=O) groups is 2. The third kappa shape index (κ3) is 4.51. The summed E-state index contributed by atoms with van der Waals surface area (Å²) < 4.78 is 0. The van der Waals surface area contributed by atoms with Crippen LogP contribution in [-0.2, 0) is 4.79 Å². The number of amides is 2. The average Bonchev–Trinajstić information content (AvgIpc) is 2.25. The largest absolute Gasteiger partial charge is 0.369 e. The summed E-state index contributed by atoms with van der Waals surface area (Å²) in [5, 5.41) is 2.67. The molecule has 80 valence electrons. The fourth-order valence-electron chi connectivity index (χ4n) is 0.960. The van der Waals surface area contributed by atoms with E-state index in [4.69, 9.17) is 5.73 Å². The molecule has 15 heavy (non-hydrogen) atoms. The van der Waals surface area contributed by atoms with Crippen molar-refractivity contribution in [1.82, 2.24) is 5.32 Å². The Kier molecular flexibility index (Phi) is 4.70. The minimum Gasteiger partial charge on any atom is -0.369 e. The highest BCUT2D eigenvalue weighted by Crippen LogP contribution is 2.00. The van der Waals surface area contributed by atoms with Gasteiger partial charge in [0.05, 0.1) is 11.6 Å². The van der Waals surface area contributed by atoms with Gasteiger partial charge in [-0.15, -0.1) is 11.8 Å². The summed E-state index contributed by atoms with van der Waals surface area (Å²) in [6, 6.07) is 8.90. The van der Waals surface area contributed by atoms with Crippen LogP contribution in [0.4, 0.5) is 0 Å². The van der Waals surface area contributed by atoms with Gasteiger partial charge in [0.25, 0.3) is 5.91 Å². The van der Waals surface area contributed by atoms with E-state index in [1.54, 1.807) is 24.3 Å². The highest BCUT2D eigenvalue weighted by molar-refractivity contribution is 7.99. The zero-order valence-corrected chi connectivity index (χ0v) is 8.92. The summed E-state index contributed by atoms with van der Waals surface area (Å²) in [5.41, 5.74) is 5.56. The molecule has 0 saturated carbocycles. The monoisotopic (exact) mass is 224 g/mol. The smallest absolute Gasteiger partial charge is 0.251 e. The van der Waals surface area contributed by atoms with Gasteiger partial charge in [0.2, 0.25) is 5.91 Å². The first kappa shape index (κ1) is 11.6. The third-order valence-electron chi connectivity index (χ3n) is 1.62. The quantitative estimate of drug-likeness (QED) is 0.568. The van der Waals surface area contributed by atoms with Crippen molar-refractivity contribution in [2.24, 2.45) is 5.73 Å². The molecular formula is C10H12N2O2S. The summed E-state index contributed by atoms with van der Waals surface area (Å²) in [4.78, 5) is 21.9. The van der Waals surface area contributed by atoms with E-state index >= 15 is 0 Å². The lowest BCUT2D eigenvalue weighted by Gasteiger charge is -2.03. The van der Waals surface area contributed by atoms with E-state index in [-0.39, 0.29) is 17.6 Å². The Morgan fingerprint density at radius 1 is 1.27 bits per heavy atom. The van der Waals surface area contributed by atoms with Gasteiger partial charge in [-0.3, -0.25) is 9.59 Å². The number of benzene rings is 1. The van der Waals surface area contributed by atoms with Gasteiger partial charge >= 0.3 is 0 Å². The molecule has 0 aliphatic heterocycles. The Balaban J connectivity index is 2.28. The number of nitrogens with two attached hydrogens (primary N) is 1. The number of nitrogens with one attached hydrogen (secondary N) is 1. The normalized spacial score (nSPS) is 9.60. The number of hydrogen-bond acceptors (Lipinski definition) is 3. The van der Waals surface area contributed by atoms with Gasteiger partial charge in [-0.2, -0.15) is 0 Å². The first-order chi connectivity index (χ1) is 7.20. The second-order valence-electron chi connectivity index (χ2n) is 2.83. The van der Waals surface area contributed by atoms with Gasteiger partial charge in [0.15, 0.2) is 0 Å². The molecule has 0 saturated heterocycles. The number of primary amides is 1. The van der Waals surface area contributed by atoms with Crippen molar-refractivity contribution in [3.05, 3.63) is 35.9 Å². The number of carbonyl (C=O) groups excluding carboxylic acids is 2. The second-order valence-corrected chi connectivity index (χ2v) is 3.82. The van der Waals surface area contributed by atoms with Crippen LogP contribution in [0.3, 0.4) is 0 Å². The van der Waals surface area contributed by atoms with Crippen molar-refractivity contribution >= 4 is 23.6 Å². The zero-order valence-electron chi connectivity index (χ0n) is 8.10. The van der Waals surface area contributed by atoms with Gasteiger partial charge in [-0.05, 0) is 12.1 Å². The minimum absolute atomic E-state index is 0.146. The molecule has 0 spiro atoms. The van der Waals surface area contributed by atoms with Gasteiger partial charge < -0.3 is 11.1 Å². The Labute approximate surface area is 92.2 Å². The molecule has 0 bridgehead atoms. The summed E-state index contributed by atoms with van der Waals surface area (Å²) in [7, 11) is 0. The van der Waals surface area contributed by atoms with Crippen molar-refractivity contribution in [3.8, 4) is 0 Å². The molecule has 1 aromatic carbocycles. The standard InChI is InChI=1S/C10H12N2O2S/c11-9(13)6-15-7-12-10(14)8-4-2-1-3-5-8/h1-5H,6-7H2,(H2,11,13)(H,12,14). The van der Waals surface area contributed by atoms with Crippen LogP contribution in [-0.4, -0.2) is 23.4 Å². The van der Waals surface area contributed by atoms with E-state index in [9.17, 15) is 9.59 Å². The van der Waals surface area contributed by atoms with Gasteiger partial charge in [0.1, 0.15) is 0 Å². The van der Waals surface area contributed by atoms with Gasteiger partial charge in [0, 0.05) is 5.56 Å². The summed E-state index contributed by atoms with van der Waals surface area (Å²) >= 11 is 1.28. The molecule has 0 aliphatic rings. The fourth-order valence-corrected chi connectivity index (χ4v) is 1.50. The maximum atomic E-state index is 11.4. The van der Waals surface area contributed by atoms with Crippen LogP contribution in [0.1, 0.15) is 10.4 Å². The average molecular weight is 224 g/mol. The molecule has 3 N–H and O–H groups in total. The SMILES string of the molecule is NC(=O)CSCNC(=O)c1ccccc1. The first-order valence-corrected chi connectivity index (χ1v) is 5.55. The highest BCUT2D eigenvalue weighted by atomic mass is 32.2. The molecule has 2 amide bonds. The molecule has 0 fully saturated rings. The lowest BCUT2D eigenvalue weighted by atomic mass is 10.2. The molecule has 0 unspecified atom stereocenters. The first-order valence-electron chi connectivity index (χ1n) is 4.39. The van der Waals surface area contributed by atoms with E-state index < -0.39 is 0 Å². The molecule has 0 atom stereocenters. The summed E-state index contributed by atoms with van der Waals surface area (Å²) in [5.74, 6) is 0.0766. The van der Waals surface area contributed by atoms with Crippen LogP contribution in [0.5, 0.6) is 0 Å². The second kappa shape index (κ2) is 6.08. The van der Waals surface area contributed by atoms with Gasteiger partial charge in [-0.1, -0.05) is 18.2 Å². The predicted molar refractivity (Wildman–Crippen MR) is 60.4 cm³/mol. The van der Waals surface area contributed by atoms with Crippen molar-refractivity contribution in [3.63, 3.8) is 0 Å².